The molecule has 0 aromatic heterocycles. The van der Waals surface area contributed by atoms with Crippen molar-refractivity contribution in [3.8, 4) is 0 Å². The van der Waals surface area contributed by atoms with Crippen molar-refractivity contribution in [2.75, 3.05) is 34.0 Å². The van der Waals surface area contributed by atoms with Gasteiger partial charge in [0.05, 0.1) is 25.9 Å². The Morgan fingerprint density at radius 2 is 2.00 bits per heavy atom. The minimum atomic E-state index is -0.888. The fourth-order valence-corrected chi connectivity index (χ4v) is 1.84. The smallest absolute Gasteiger partial charge is 0.175 e. The van der Waals surface area contributed by atoms with Gasteiger partial charge in [-0.1, -0.05) is 0 Å². The van der Waals surface area contributed by atoms with Crippen LogP contribution in [0.3, 0.4) is 0 Å². The van der Waals surface area contributed by atoms with Gasteiger partial charge in [0.2, 0.25) is 0 Å². The van der Waals surface area contributed by atoms with Gasteiger partial charge in [-0.15, -0.1) is 0 Å². The Labute approximate surface area is 100 Å². The molecular weight excluding hydrogens is 230 g/mol. The largest absolute Gasteiger partial charge is 0.394 e. The highest BCUT2D eigenvalue weighted by Crippen LogP contribution is 2.22. The Kier molecular flexibility index (Phi) is 6.28. The van der Waals surface area contributed by atoms with Crippen molar-refractivity contribution in [1.29, 1.82) is 0 Å². The van der Waals surface area contributed by atoms with Crippen LogP contribution >= 0.6 is 0 Å². The number of ether oxygens (including phenoxy) is 4. The summed E-state index contributed by atoms with van der Waals surface area (Å²) in [4.78, 5) is 0. The fraction of sp³-hybridized carbons (Fsp3) is 1.00. The zero-order chi connectivity index (χ0) is 12.8. The zero-order valence-electron chi connectivity index (χ0n) is 10.1. The molecule has 5 unspecified atom stereocenters. The number of hydrogen-bond donors (Lipinski definition) is 3. The minimum absolute atomic E-state index is 0.0693. The Morgan fingerprint density at radius 3 is 2.53 bits per heavy atom. The van der Waals surface area contributed by atoms with E-state index in [2.05, 4.69) is 0 Å². The summed E-state index contributed by atoms with van der Waals surface area (Å²) in [5.74, 6) is 0. The lowest BCUT2D eigenvalue weighted by Gasteiger charge is -2.41. The second-order valence-electron chi connectivity index (χ2n) is 3.85. The molecule has 4 N–H and O–H groups in total. The van der Waals surface area contributed by atoms with E-state index in [1.54, 1.807) is 0 Å². The summed E-state index contributed by atoms with van der Waals surface area (Å²) in [6.07, 6.45) is -2.64. The number of aliphatic hydroxyl groups excluding tert-OH is 2. The van der Waals surface area contributed by atoms with Gasteiger partial charge in [-0.2, -0.15) is 0 Å². The molecule has 0 radical (unpaired) electrons. The summed E-state index contributed by atoms with van der Waals surface area (Å²) in [5.41, 5.74) is 5.76. The van der Waals surface area contributed by atoms with Crippen LogP contribution in [0.2, 0.25) is 0 Å². The van der Waals surface area contributed by atoms with E-state index in [0.29, 0.717) is 0 Å². The van der Waals surface area contributed by atoms with Crippen LogP contribution in [-0.4, -0.2) is 74.9 Å². The van der Waals surface area contributed by atoms with Crippen molar-refractivity contribution in [2.24, 2.45) is 5.73 Å². The molecule has 0 aromatic rings. The standard InChI is InChI=1S/C10H21NO6/c1-14-9-6(5-16-4-3-12)17-10(15-2)7(11)8(9)13/h6-10,12-13H,3-5,11H2,1-2H3. The predicted molar refractivity (Wildman–Crippen MR) is 58.4 cm³/mol. The summed E-state index contributed by atoms with van der Waals surface area (Å²) in [7, 11) is 2.92. The van der Waals surface area contributed by atoms with E-state index in [1.165, 1.54) is 14.2 Å². The van der Waals surface area contributed by atoms with E-state index < -0.39 is 30.6 Å². The third-order valence-corrected chi connectivity index (χ3v) is 2.74. The van der Waals surface area contributed by atoms with Crippen molar-refractivity contribution in [3.05, 3.63) is 0 Å². The number of aliphatic hydroxyl groups is 2. The topological polar surface area (TPSA) is 103 Å². The normalized spacial score (nSPS) is 38.3. The van der Waals surface area contributed by atoms with Crippen LogP contribution in [0.25, 0.3) is 0 Å². The molecule has 1 heterocycles. The lowest BCUT2D eigenvalue weighted by Crippen LogP contribution is -2.63. The van der Waals surface area contributed by atoms with E-state index >= 15 is 0 Å². The molecule has 0 aliphatic carbocycles. The van der Waals surface area contributed by atoms with Crippen LogP contribution < -0.4 is 5.73 Å². The van der Waals surface area contributed by atoms with E-state index in [4.69, 9.17) is 29.8 Å². The molecule has 1 rings (SSSR count). The van der Waals surface area contributed by atoms with Crippen LogP contribution in [0.1, 0.15) is 0 Å². The Balaban J connectivity index is 2.59. The van der Waals surface area contributed by atoms with Crippen molar-refractivity contribution >= 4 is 0 Å². The lowest BCUT2D eigenvalue weighted by atomic mass is 9.97. The molecule has 0 saturated carbocycles. The molecular formula is C10H21NO6. The summed E-state index contributed by atoms with van der Waals surface area (Å²) in [6, 6.07) is -0.668. The molecule has 1 aliphatic rings. The number of methoxy groups -OCH3 is 2. The first kappa shape index (κ1) is 14.8. The van der Waals surface area contributed by atoms with Gasteiger partial charge in [0, 0.05) is 14.2 Å². The van der Waals surface area contributed by atoms with Crippen LogP contribution in [0.15, 0.2) is 0 Å². The average molecular weight is 251 g/mol. The predicted octanol–water partition coefficient (Wildman–Crippen LogP) is -1.93. The van der Waals surface area contributed by atoms with Crippen LogP contribution in [0, 0.1) is 0 Å². The summed E-state index contributed by atoms with van der Waals surface area (Å²) in [6.45, 7) is 0.332. The molecule has 0 amide bonds. The van der Waals surface area contributed by atoms with Gasteiger partial charge in [-0.05, 0) is 0 Å². The molecule has 7 heteroatoms. The zero-order valence-corrected chi connectivity index (χ0v) is 10.1. The van der Waals surface area contributed by atoms with Gasteiger partial charge in [0.1, 0.15) is 18.3 Å². The monoisotopic (exact) mass is 251 g/mol. The summed E-state index contributed by atoms with van der Waals surface area (Å²) >= 11 is 0. The number of rotatable bonds is 6. The molecule has 102 valence electrons. The minimum Gasteiger partial charge on any atom is -0.394 e. The van der Waals surface area contributed by atoms with Crippen molar-refractivity contribution in [3.63, 3.8) is 0 Å². The van der Waals surface area contributed by atoms with Crippen LogP contribution in [0.5, 0.6) is 0 Å². The second kappa shape index (κ2) is 7.22. The molecule has 1 aliphatic heterocycles. The Hall–Kier alpha value is -0.280. The first-order valence-electron chi connectivity index (χ1n) is 5.49. The quantitative estimate of drug-likeness (QED) is 0.472. The van der Waals surface area contributed by atoms with Crippen molar-refractivity contribution in [1.82, 2.24) is 0 Å². The van der Waals surface area contributed by atoms with E-state index in [9.17, 15) is 5.11 Å². The third-order valence-electron chi connectivity index (χ3n) is 2.74. The van der Waals surface area contributed by atoms with Gasteiger partial charge in [0.15, 0.2) is 6.29 Å². The highest BCUT2D eigenvalue weighted by atomic mass is 16.7. The van der Waals surface area contributed by atoms with E-state index in [0.717, 1.165) is 0 Å². The maximum absolute atomic E-state index is 9.95. The SMILES string of the molecule is COC1OC(COCCO)C(OC)C(O)C1N. The van der Waals surface area contributed by atoms with Gasteiger partial charge < -0.3 is 34.9 Å². The first-order chi connectivity index (χ1) is 8.15. The molecule has 0 aromatic carbocycles. The van der Waals surface area contributed by atoms with Crippen LogP contribution in [-0.2, 0) is 18.9 Å². The average Bonchev–Trinajstić information content (AvgIpc) is 2.34. The van der Waals surface area contributed by atoms with Gasteiger partial charge in [0.25, 0.3) is 0 Å². The van der Waals surface area contributed by atoms with Gasteiger partial charge in [-0.25, -0.2) is 0 Å². The third kappa shape index (κ3) is 3.59. The fourth-order valence-electron chi connectivity index (χ4n) is 1.84. The molecule has 5 atom stereocenters. The van der Waals surface area contributed by atoms with E-state index in [1.807, 2.05) is 0 Å². The summed E-state index contributed by atoms with van der Waals surface area (Å²) < 4.78 is 20.9. The second-order valence-corrected chi connectivity index (χ2v) is 3.85. The Bertz CT molecular complexity index is 217. The van der Waals surface area contributed by atoms with Crippen molar-refractivity contribution in [2.45, 2.75) is 30.6 Å². The lowest BCUT2D eigenvalue weighted by molar-refractivity contribution is -0.265. The molecule has 0 bridgehead atoms. The molecule has 17 heavy (non-hydrogen) atoms. The van der Waals surface area contributed by atoms with Crippen LogP contribution in [0.4, 0.5) is 0 Å². The van der Waals surface area contributed by atoms with E-state index in [-0.39, 0.29) is 19.8 Å². The van der Waals surface area contributed by atoms with Crippen molar-refractivity contribution < 1.29 is 29.2 Å². The summed E-state index contributed by atoms with van der Waals surface area (Å²) in [5, 5.41) is 18.6. The maximum atomic E-state index is 9.95. The molecule has 1 fully saturated rings. The van der Waals surface area contributed by atoms with Gasteiger partial charge in [-0.3, -0.25) is 0 Å². The molecule has 7 nitrogen and oxygen atoms in total. The highest BCUT2D eigenvalue weighted by molar-refractivity contribution is 4.92. The molecule has 0 spiro atoms. The molecule has 1 saturated heterocycles. The maximum Gasteiger partial charge on any atom is 0.175 e. The number of hydrogen-bond acceptors (Lipinski definition) is 7. The highest BCUT2D eigenvalue weighted by Gasteiger charge is 2.44. The van der Waals surface area contributed by atoms with Gasteiger partial charge >= 0.3 is 0 Å². The Morgan fingerprint density at radius 1 is 1.29 bits per heavy atom. The first-order valence-corrected chi connectivity index (χ1v) is 5.49. The number of nitrogens with two attached hydrogens (primary N) is 1.